The molecule has 1 saturated heterocycles. The first kappa shape index (κ1) is 16.1. The van der Waals surface area contributed by atoms with Gasteiger partial charge in [0.05, 0.1) is 24.9 Å². The Balaban J connectivity index is 1.80. The molecule has 4 rings (SSSR count). The van der Waals surface area contributed by atoms with Crippen molar-refractivity contribution in [1.29, 1.82) is 0 Å². The number of hydrogen-bond donors (Lipinski definition) is 1. The summed E-state index contributed by atoms with van der Waals surface area (Å²) in [5, 5.41) is 6.25. The van der Waals surface area contributed by atoms with E-state index in [9.17, 15) is 0 Å². The van der Waals surface area contributed by atoms with Crippen LogP contribution in [0.4, 0.5) is 5.69 Å². The molecule has 0 bridgehead atoms. The predicted octanol–water partition coefficient (Wildman–Crippen LogP) is 4.33. The summed E-state index contributed by atoms with van der Waals surface area (Å²) in [4.78, 5) is 7.95. The molecule has 2 aromatic heterocycles. The molecule has 0 amide bonds. The van der Waals surface area contributed by atoms with Crippen molar-refractivity contribution < 1.29 is 4.74 Å². The molecule has 0 spiro atoms. The van der Waals surface area contributed by atoms with Crippen molar-refractivity contribution in [2.75, 3.05) is 12.0 Å². The number of methoxy groups -OCH3 is 1. The number of anilines is 1. The minimum Gasteiger partial charge on any atom is -0.497 e. The minimum atomic E-state index is -0.00134. The van der Waals surface area contributed by atoms with Crippen molar-refractivity contribution in [2.45, 2.75) is 12.1 Å². The Labute approximate surface area is 156 Å². The molecule has 0 aliphatic carbocycles. The van der Waals surface area contributed by atoms with Crippen molar-refractivity contribution >= 4 is 34.4 Å². The Morgan fingerprint density at radius 2 is 2.08 bits per heavy atom. The Bertz CT molecular complexity index is 867. The van der Waals surface area contributed by atoms with Gasteiger partial charge in [-0.3, -0.25) is 4.98 Å². The quantitative estimate of drug-likeness (QED) is 0.695. The van der Waals surface area contributed by atoms with Crippen LogP contribution in [-0.2, 0) is 0 Å². The van der Waals surface area contributed by atoms with Crippen LogP contribution in [0.25, 0.3) is 0 Å². The first-order valence-corrected chi connectivity index (χ1v) is 9.25. The highest BCUT2D eigenvalue weighted by Crippen LogP contribution is 2.43. The van der Waals surface area contributed by atoms with E-state index in [1.165, 1.54) is 4.88 Å². The zero-order valence-corrected chi connectivity index (χ0v) is 15.3. The summed E-state index contributed by atoms with van der Waals surface area (Å²) >= 11 is 7.41. The number of pyridine rings is 1. The first-order chi connectivity index (χ1) is 12.3. The van der Waals surface area contributed by atoms with Gasteiger partial charge < -0.3 is 15.0 Å². The molecule has 0 unspecified atom stereocenters. The van der Waals surface area contributed by atoms with E-state index >= 15 is 0 Å². The zero-order chi connectivity index (χ0) is 17.2. The van der Waals surface area contributed by atoms with Crippen molar-refractivity contribution in [2.24, 2.45) is 0 Å². The van der Waals surface area contributed by atoms with Gasteiger partial charge in [-0.05, 0) is 47.9 Å². The van der Waals surface area contributed by atoms with Gasteiger partial charge in [-0.2, -0.15) is 0 Å². The van der Waals surface area contributed by atoms with Crippen LogP contribution in [0.1, 0.15) is 22.7 Å². The Kier molecular flexibility index (Phi) is 4.38. The molecule has 2 atom stereocenters. The van der Waals surface area contributed by atoms with E-state index in [-0.39, 0.29) is 12.1 Å². The second kappa shape index (κ2) is 6.82. The largest absolute Gasteiger partial charge is 0.497 e. The second-order valence-corrected chi connectivity index (χ2v) is 7.08. The molecule has 1 aliphatic heterocycles. The molecule has 3 heterocycles. The van der Waals surface area contributed by atoms with Crippen molar-refractivity contribution in [3.8, 4) is 5.75 Å². The van der Waals surface area contributed by atoms with Crippen LogP contribution in [-0.4, -0.2) is 17.2 Å². The van der Waals surface area contributed by atoms with Crippen LogP contribution >= 0.6 is 23.6 Å². The minimum absolute atomic E-state index is 0.00134. The normalized spacial score (nSPS) is 19.7. The van der Waals surface area contributed by atoms with E-state index < -0.39 is 0 Å². The first-order valence-electron chi connectivity index (χ1n) is 7.96. The second-order valence-electron chi connectivity index (χ2n) is 5.71. The Morgan fingerprint density at radius 1 is 1.16 bits per heavy atom. The zero-order valence-electron chi connectivity index (χ0n) is 13.6. The number of thiophene rings is 1. The molecule has 25 heavy (non-hydrogen) atoms. The molecule has 126 valence electrons. The van der Waals surface area contributed by atoms with Crippen LogP contribution in [0.5, 0.6) is 5.75 Å². The van der Waals surface area contributed by atoms with Crippen LogP contribution in [0.3, 0.4) is 0 Å². The molecular formula is C19H17N3OS2. The number of nitrogens with one attached hydrogen (secondary N) is 1. The monoisotopic (exact) mass is 367 g/mol. The molecular weight excluding hydrogens is 350 g/mol. The molecule has 3 aromatic rings. The fourth-order valence-corrected chi connectivity index (χ4v) is 4.34. The third-order valence-electron chi connectivity index (χ3n) is 4.26. The van der Waals surface area contributed by atoms with Gasteiger partial charge in [0.2, 0.25) is 0 Å². The van der Waals surface area contributed by atoms with Crippen molar-refractivity contribution in [1.82, 2.24) is 10.3 Å². The molecule has 1 aromatic carbocycles. The number of ether oxygens (including phenoxy) is 1. The van der Waals surface area contributed by atoms with Crippen molar-refractivity contribution in [3.05, 3.63) is 76.7 Å². The van der Waals surface area contributed by atoms with E-state index in [1.54, 1.807) is 18.4 Å². The van der Waals surface area contributed by atoms with Gasteiger partial charge in [0, 0.05) is 22.8 Å². The average Bonchev–Trinajstić information content (AvgIpc) is 3.30. The molecule has 0 saturated carbocycles. The van der Waals surface area contributed by atoms with Gasteiger partial charge in [0.1, 0.15) is 5.75 Å². The highest BCUT2D eigenvalue weighted by Gasteiger charge is 2.41. The van der Waals surface area contributed by atoms with Crippen LogP contribution in [0, 0.1) is 0 Å². The summed E-state index contributed by atoms with van der Waals surface area (Å²) in [6.45, 7) is 0. The summed E-state index contributed by atoms with van der Waals surface area (Å²) in [5.41, 5.74) is 1.99. The SMILES string of the molecule is COc1cccc(N2C(=S)N[C@H](c3ccccn3)[C@H]2c2cccs2)c1. The fraction of sp³-hybridized carbons (Fsp3) is 0.158. The maximum atomic E-state index is 5.68. The van der Waals surface area contributed by atoms with Gasteiger partial charge in [0.15, 0.2) is 5.11 Å². The van der Waals surface area contributed by atoms with E-state index in [0.717, 1.165) is 17.1 Å². The number of benzene rings is 1. The summed E-state index contributed by atoms with van der Waals surface area (Å²) < 4.78 is 5.39. The number of thiocarbonyl (C=S) groups is 1. The van der Waals surface area contributed by atoms with E-state index in [4.69, 9.17) is 17.0 Å². The lowest BCUT2D eigenvalue weighted by Crippen LogP contribution is -2.29. The third kappa shape index (κ3) is 2.99. The highest BCUT2D eigenvalue weighted by atomic mass is 32.1. The summed E-state index contributed by atoms with van der Waals surface area (Å²) in [7, 11) is 1.67. The van der Waals surface area contributed by atoms with E-state index in [0.29, 0.717) is 5.11 Å². The smallest absolute Gasteiger partial charge is 0.174 e. The molecule has 0 radical (unpaired) electrons. The van der Waals surface area contributed by atoms with Gasteiger partial charge in [-0.1, -0.05) is 18.2 Å². The van der Waals surface area contributed by atoms with Gasteiger partial charge >= 0.3 is 0 Å². The van der Waals surface area contributed by atoms with Gasteiger partial charge in [-0.25, -0.2) is 0 Å². The highest BCUT2D eigenvalue weighted by molar-refractivity contribution is 7.80. The lowest BCUT2D eigenvalue weighted by molar-refractivity contribution is 0.415. The lowest BCUT2D eigenvalue weighted by Gasteiger charge is -2.27. The number of hydrogen-bond acceptors (Lipinski definition) is 4. The molecule has 6 heteroatoms. The van der Waals surface area contributed by atoms with Gasteiger partial charge in [-0.15, -0.1) is 11.3 Å². The number of aromatic nitrogens is 1. The van der Waals surface area contributed by atoms with Crippen molar-refractivity contribution in [3.63, 3.8) is 0 Å². The summed E-state index contributed by atoms with van der Waals surface area (Å²) in [5.74, 6) is 0.812. The third-order valence-corrected chi connectivity index (χ3v) is 5.52. The lowest BCUT2D eigenvalue weighted by atomic mass is 10.0. The summed E-state index contributed by atoms with van der Waals surface area (Å²) in [6, 6.07) is 18.2. The summed E-state index contributed by atoms with van der Waals surface area (Å²) in [6.07, 6.45) is 1.82. The molecule has 1 aliphatic rings. The Hall–Kier alpha value is -2.44. The topological polar surface area (TPSA) is 37.4 Å². The Morgan fingerprint density at radius 3 is 2.80 bits per heavy atom. The number of nitrogens with zero attached hydrogens (tertiary/aromatic N) is 2. The van der Waals surface area contributed by atoms with E-state index in [1.807, 2.05) is 42.6 Å². The standard InChI is InChI=1S/C19H17N3OS2/c1-23-14-7-4-6-13(12-14)22-18(16-9-5-11-25-16)17(21-19(22)24)15-8-2-3-10-20-15/h2-12,17-18H,1H3,(H,21,24)/t17-,18-/m1/s1. The van der Waals surface area contributed by atoms with Crippen LogP contribution in [0.15, 0.2) is 66.2 Å². The molecule has 1 fully saturated rings. The fourth-order valence-electron chi connectivity index (χ4n) is 3.14. The van der Waals surface area contributed by atoms with Crippen LogP contribution < -0.4 is 15.0 Å². The average molecular weight is 367 g/mol. The number of rotatable bonds is 4. The maximum absolute atomic E-state index is 5.68. The van der Waals surface area contributed by atoms with Gasteiger partial charge in [0.25, 0.3) is 0 Å². The van der Waals surface area contributed by atoms with E-state index in [2.05, 4.69) is 38.8 Å². The molecule has 4 nitrogen and oxygen atoms in total. The van der Waals surface area contributed by atoms with Crippen LogP contribution in [0.2, 0.25) is 0 Å². The maximum Gasteiger partial charge on any atom is 0.174 e. The predicted molar refractivity (Wildman–Crippen MR) is 105 cm³/mol. The molecule has 1 N–H and O–H groups in total.